The van der Waals surface area contributed by atoms with E-state index in [1.807, 2.05) is 78.9 Å². The molecule has 3 amide bonds. The third kappa shape index (κ3) is 8.19. The van der Waals surface area contributed by atoms with Crippen molar-refractivity contribution in [1.29, 1.82) is 5.26 Å². The number of hydrogen-bond donors (Lipinski definition) is 3. The van der Waals surface area contributed by atoms with Crippen molar-refractivity contribution in [2.24, 2.45) is 0 Å². The van der Waals surface area contributed by atoms with Crippen LogP contribution in [0.25, 0.3) is 0 Å². The van der Waals surface area contributed by atoms with Gasteiger partial charge in [-0.2, -0.15) is 5.26 Å². The number of carbonyl (C=O) groups is 3. The Bertz CT molecular complexity index is 1870. The van der Waals surface area contributed by atoms with Gasteiger partial charge in [0.2, 0.25) is 11.8 Å². The van der Waals surface area contributed by atoms with Crippen molar-refractivity contribution < 1.29 is 14.4 Å². The van der Waals surface area contributed by atoms with E-state index in [0.717, 1.165) is 27.4 Å². The minimum Gasteiger partial charge on any atom is -0.326 e. The fourth-order valence-corrected chi connectivity index (χ4v) is 6.78. The molecule has 0 radical (unpaired) electrons. The third-order valence-electron chi connectivity index (χ3n) is 6.72. The Morgan fingerprint density at radius 1 is 0.844 bits per heavy atom. The topological polar surface area (TPSA) is 111 Å². The number of thiophene rings is 1. The van der Waals surface area contributed by atoms with E-state index in [1.165, 1.54) is 11.8 Å². The van der Waals surface area contributed by atoms with Crippen LogP contribution in [0.15, 0.2) is 114 Å². The van der Waals surface area contributed by atoms with Gasteiger partial charge >= 0.3 is 0 Å². The summed E-state index contributed by atoms with van der Waals surface area (Å²) < 4.78 is 0. The molecular formula is C35H27ClN4O3S2. The molecule has 1 atom stereocenters. The van der Waals surface area contributed by atoms with Gasteiger partial charge in [0, 0.05) is 21.3 Å². The van der Waals surface area contributed by atoms with Crippen molar-refractivity contribution in [2.45, 2.75) is 23.5 Å². The van der Waals surface area contributed by atoms with Crippen LogP contribution in [0.5, 0.6) is 0 Å². The fourth-order valence-electron chi connectivity index (χ4n) is 4.52. The van der Waals surface area contributed by atoms with Crippen LogP contribution < -0.4 is 16.0 Å². The van der Waals surface area contributed by atoms with Crippen molar-refractivity contribution in [3.05, 3.63) is 141 Å². The first-order valence-electron chi connectivity index (χ1n) is 13.9. The second-order valence-electron chi connectivity index (χ2n) is 9.97. The normalized spacial score (nSPS) is 11.2. The smallest absolute Gasteiger partial charge is 0.266 e. The van der Waals surface area contributed by atoms with E-state index < -0.39 is 5.25 Å². The molecule has 45 heavy (non-hydrogen) atoms. The quantitative estimate of drug-likeness (QED) is 0.131. The van der Waals surface area contributed by atoms with E-state index in [4.69, 9.17) is 11.6 Å². The molecule has 0 saturated carbocycles. The van der Waals surface area contributed by atoms with Gasteiger partial charge in [0.15, 0.2) is 0 Å². The first-order chi connectivity index (χ1) is 21.8. The van der Waals surface area contributed by atoms with Crippen molar-refractivity contribution in [2.75, 3.05) is 16.0 Å². The predicted molar refractivity (Wildman–Crippen MR) is 182 cm³/mol. The summed E-state index contributed by atoms with van der Waals surface area (Å²) in [5.41, 5.74) is 3.56. The fraction of sp³-hybridized carbons (Fsp3) is 0.0857. The third-order valence-corrected chi connectivity index (χ3v) is 9.43. The Labute approximate surface area is 274 Å². The lowest BCUT2D eigenvalue weighted by Gasteiger charge is -2.17. The average molecular weight is 651 g/mol. The number of nitriles is 1. The number of rotatable bonds is 10. The molecule has 4 aromatic carbocycles. The van der Waals surface area contributed by atoms with Crippen LogP contribution >= 0.6 is 34.7 Å². The highest BCUT2D eigenvalue weighted by atomic mass is 35.5. The van der Waals surface area contributed by atoms with Crippen LogP contribution in [0.4, 0.5) is 16.4 Å². The molecule has 5 rings (SSSR count). The molecule has 0 saturated heterocycles. The summed E-state index contributed by atoms with van der Waals surface area (Å²) in [6.07, 6.45) is 0.191. The summed E-state index contributed by atoms with van der Waals surface area (Å²) in [5.74, 6) is -0.887. The number of halogens is 1. The molecule has 7 nitrogen and oxygen atoms in total. The molecule has 5 aromatic rings. The Kier molecular flexibility index (Phi) is 10.3. The van der Waals surface area contributed by atoms with Gasteiger partial charge in [0.25, 0.3) is 5.91 Å². The number of anilines is 3. The van der Waals surface area contributed by atoms with Gasteiger partial charge in [0.05, 0.1) is 16.9 Å². The van der Waals surface area contributed by atoms with Gasteiger partial charge in [-0.1, -0.05) is 78.3 Å². The number of thioether (sulfide) groups is 1. The highest BCUT2D eigenvalue weighted by Gasteiger charge is 2.27. The number of hydrogen-bond acceptors (Lipinski definition) is 6. The maximum absolute atomic E-state index is 13.8. The van der Waals surface area contributed by atoms with Gasteiger partial charge in [-0.25, -0.2) is 0 Å². The molecule has 224 valence electrons. The molecule has 10 heteroatoms. The number of nitrogens with one attached hydrogen (secondary N) is 3. The summed E-state index contributed by atoms with van der Waals surface area (Å²) >= 11 is 8.33. The molecule has 1 aromatic heterocycles. The largest absolute Gasteiger partial charge is 0.326 e. The zero-order chi connectivity index (χ0) is 31.8. The minimum absolute atomic E-state index is 0.180. The summed E-state index contributed by atoms with van der Waals surface area (Å²) in [5, 5.41) is 18.8. The highest BCUT2D eigenvalue weighted by Crippen LogP contribution is 2.39. The molecule has 0 aliphatic heterocycles. The standard InChI is InChI=1S/C35H27ClN4O3S2/c1-22-29(21-37)35(45-31(22)33(42)39-26-11-6-3-7-12-26)40-34(43)32(24-9-4-2-5-10-24)44-28-14-8-13-27(20-28)38-30(41)19-23-15-17-25(36)18-16-23/h2-18,20,32H,19H2,1H3,(H,38,41)(H,39,42)(H,40,43). The molecule has 3 N–H and O–H groups in total. The Balaban J connectivity index is 1.34. The number of amides is 3. The van der Waals surface area contributed by atoms with E-state index in [2.05, 4.69) is 22.0 Å². The Morgan fingerprint density at radius 3 is 2.20 bits per heavy atom. The monoisotopic (exact) mass is 650 g/mol. The second kappa shape index (κ2) is 14.7. The van der Waals surface area contributed by atoms with Crippen LogP contribution in [0.1, 0.15) is 37.2 Å². The van der Waals surface area contributed by atoms with E-state index in [0.29, 0.717) is 31.8 Å². The van der Waals surface area contributed by atoms with E-state index >= 15 is 0 Å². The zero-order valence-corrected chi connectivity index (χ0v) is 26.4. The molecule has 0 fully saturated rings. The summed E-state index contributed by atoms with van der Waals surface area (Å²) in [4.78, 5) is 40.7. The minimum atomic E-state index is -0.693. The average Bonchev–Trinajstić information content (AvgIpc) is 3.36. The zero-order valence-electron chi connectivity index (χ0n) is 24.0. The van der Waals surface area contributed by atoms with Crippen LogP contribution in [0.3, 0.4) is 0 Å². The first-order valence-corrected chi connectivity index (χ1v) is 15.9. The van der Waals surface area contributed by atoms with Gasteiger partial charge < -0.3 is 16.0 Å². The predicted octanol–water partition coefficient (Wildman–Crippen LogP) is 8.49. The Morgan fingerprint density at radius 2 is 1.51 bits per heavy atom. The highest BCUT2D eigenvalue weighted by molar-refractivity contribution is 8.00. The number of carbonyl (C=O) groups excluding carboxylic acids is 3. The lowest BCUT2D eigenvalue weighted by Crippen LogP contribution is -2.19. The van der Waals surface area contributed by atoms with Crippen LogP contribution in [0, 0.1) is 18.3 Å². The summed E-state index contributed by atoms with van der Waals surface area (Å²) in [6.45, 7) is 1.70. The lowest BCUT2D eigenvalue weighted by molar-refractivity contribution is -0.116. The van der Waals surface area contributed by atoms with Crippen molar-refractivity contribution in [1.82, 2.24) is 0 Å². The summed E-state index contributed by atoms with van der Waals surface area (Å²) in [6, 6.07) is 34.9. The molecule has 0 spiro atoms. The number of benzene rings is 4. The molecule has 1 heterocycles. The maximum Gasteiger partial charge on any atom is 0.266 e. The van der Waals surface area contributed by atoms with Gasteiger partial charge in [-0.05, 0) is 66.1 Å². The van der Waals surface area contributed by atoms with Gasteiger partial charge in [0.1, 0.15) is 16.3 Å². The van der Waals surface area contributed by atoms with Crippen LogP contribution in [-0.4, -0.2) is 17.7 Å². The number of nitrogens with zero attached hydrogens (tertiary/aromatic N) is 1. The molecule has 0 aliphatic rings. The van der Waals surface area contributed by atoms with Crippen LogP contribution in [-0.2, 0) is 16.0 Å². The van der Waals surface area contributed by atoms with Crippen molar-refractivity contribution >= 4 is 68.8 Å². The molecular weight excluding hydrogens is 624 g/mol. The van der Waals surface area contributed by atoms with Crippen LogP contribution in [0.2, 0.25) is 5.02 Å². The molecule has 1 unspecified atom stereocenters. The SMILES string of the molecule is Cc1c(C(=O)Nc2ccccc2)sc(NC(=O)C(Sc2cccc(NC(=O)Cc3ccc(Cl)cc3)c2)c2ccccc2)c1C#N. The van der Waals surface area contributed by atoms with Crippen molar-refractivity contribution in [3.63, 3.8) is 0 Å². The van der Waals surface area contributed by atoms with Gasteiger partial charge in [-0.15, -0.1) is 23.1 Å². The molecule has 0 aliphatic carbocycles. The van der Waals surface area contributed by atoms with E-state index in [1.54, 1.807) is 37.3 Å². The lowest BCUT2D eigenvalue weighted by atomic mass is 10.1. The second-order valence-corrected chi connectivity index (χ2v) is 12.6. The number of para-hydroxylation sites is 1. The molecule has 0 bridgehead atoms. The maximum atomic E-state index is 13.8. The van der Waals surface area contributed by atoms with Gasteiger partial charge in [-0.3, -0.25) is 14.4 Å². The van der Waals surface area contributed by atoms with E-state index in [-0.39, 0.29) is 29.7 Å². The first kappa shape index (κ1) is 31.5. The Hall–Kier alpha value is -4.88. The van der Waals surface area contributed by atoms with E-state index in [9.17, 15) is 19.6 Å². The van der Waals surface area contributed by atoms with Crippen molar-refractivity contribution in [3.8, 4) is 6.07 Å². The summed E-state index contributed by atoms with van der Waals surface area (Å²) in [7, 11) is 0.